The van der Waals surface area contributed by atoms with E-state index in [-0.39, 0.29) is 17.9 Å². The molecule has 2 N–H and O–H groups in total. The zero-order chi connectivity index (χ0) is 11.8. The molecule has 2 heterocycles. The minimum atomic E-state index is -0.266. The van der Waals surface area contributed by atoms with Crippen LogP contribution in [0.2, 0.25) is 0 Å². The van der Waals surface area contributed by atoms with Crippen molar-refractivity contribution in [2.24, 2.45) is 5.73 Å². The molecule has 90 valence electrons. The Labute approximate surface area is 102 Å². The fraction of sp³-hybridized carbons (Fsp3) is 0.500. The molecule has 17 heavy (non-hydrogen) atoms. The summed E-state index contributed by atoms with van der Waals surface area (Å²) in [7, 11) is 0. The van der Waals surface area contributed by atoms with E-state index in [2.05, 4.69) is 29.2 Å². The smallest absolute Gasteiger partial charge is 0.152 e. The van der Waals surface area contributed by atoms with Crippen LogP contribution in [-0.2, 0) is 11.3 Å². The van der Waals surface area contributed by atoms with Gasteiger partial charge in [0, 0.05) is 25.0 Å². The number of carbonyl (C=O) groups is 1. The van der Waals surface area contributed by atoms with Crippen LogP contribution in [-0.4, -0.2) is 28.8 Å². The molecule has 2 bridgehead atoms. The maximum Gasteiger partial charge on any atom is 0.152 e. The van der Waals surface area contributed by atoms with E-state index >= 15 is 0 Å². The average molecular weight is 230 g/mol. The van der Waals surface area contributed by atoms with E-state index in [1.165, 1.54) is 5.56 Å². The van der Waals surface area contributed by atoms with Crippen molar-refractivity contribution in [1.29, 1.82) is 0 Å². The SMILES string of the molecule is NC1C(=O)CC2CCC1N2Cc1ccccc1. The highest BCUT2D eigenvalue weighted by Gasteiger charge is 2.44. The van der Waals surface area contributed by atoms with Crippen LogP contribution in [0.1, 0.15) is 24.8 Å². The fourth-order valence-electron chi connectivity index (χ4n) is 3.19. The third-order valence-electron chi connectivity index (χ3n) is 4.12. The minimum Gasteiger partial charge on any atom is -0.320 e. The van der Waals surface area contributed by atoms with Crippen LogP contribution in [0.4, 0.5) is 0 Å². The maximum atomic E-state index is 11.7. The first-order valence-corrected chi connectivity index (χ1v) is 6.33. The quantitative estimate of drug-likeness (QED) is 0.833. The Morgan fingerprint density at radius 3 is 2.76 bits per heavy atom. The summed E-state index contributed by atoms with van der Waals surface area (Å²) < 4.78 is 0. The lowest BCUT2D eigenvalue weighted by Crippen LogP contribution is -2.55. The molecule has 2 saturated heterocycles. The summed E-state index contributed by atoms with van der Waals surface area (Å²) in [6.07, 6.45) is 2.84. The summed E-state index contributed by atoms with van der Waals surface area (Å²) in [5.41, 5.74) is 7.32. The number of fused-ring (bicyclic) bond motifs is 2. The molecule has 0 spiro atoms. The van der Waals surface area contributed by atoms with Gasteiger partial charge in [-0.05, 0) is 18.4 Å². The topological polar surface area (TPSA) is 46.3 Å². The molecule has 3 rings (SSSR count). The van der Waals surface area contributed by atoms with Crippen molar-refractivity contribution < 1.29 is 4.79 Å². The number of piperidine rings is 1. The van der Waals surface area contributed by atoms with Crippen molar-refractivity contribution in [1.82, 2.24) is 4.90 Å². The Hall–Kier alpha value is -1.19. The summed E-state index contributed by atoms with van der Waals surface area (Å²) in [6, 6.07) is 10.9. The van der Waals surface area contributed by atoms with Crippen LogP contribution in [0.15, 0.2) is 30.3 Å². The molecule has 1 aromatic rings. The molecule has 3 heteroatoms. The normalized spacial score (nSPS) is 33.0. The van der Waals surface area contributed by atoms with Crippen molar-refractivity contribution in [3.05, 3.63) is 35.9 Å². The molecule has 0 radical (unpaired) electrons. The first-order valence-electron chi connectivity index (χ1n) is 6.33. The van der Waals surface area contributed by atoms with Gasteiger partial charge in [0.25, 0.3) is 0 Å². The van der Waals surface area contributed by atoms with Gasteiger partial charge in [0.1, 0.15) is 0 Å². The number of hydrogen-bond donors (Lipinski definition) is 1. The minimum absolute atomic E-state index is 0.252. The van der Waals surface area contributed by atoms with Gasteiger partial charge in [-0.2, -0.15) is 0 Å². The molecule has 3 atom stereocenters. The second kappa shape index (κ2) is 4.24. The standard InChI is InChI=1S/C14H18N2O/c15-14-12-7-6-11(8-13(14)17)16(12)9-10-4-2-1-3-5-10/h1-5,11-12,14H,6-9,15H2. The third kappa shape index (κ3) is 1.90. The second-order valence-electron chi connectivity index (χ2n) is 5.15. The summed E-state index contributed by atoms with van der Waals surface area (Å²) in [5, 5.41) is 0. The maximum absolute atomic E-state index is 11.7. The van der Waals surface area contributed by atoms with Crippen molar-refractivity contribution in [2.45, 2.75) is 43.9 Å². The zero-order valence-electron chi connectivity index (χ0n) is 9.88. The van der Waals surface area contributed by atoms with E-state index in [1.807, 2.05) is 6.07 Å². The Balaban J connectivity index is 1.79. The van der Waals surface area contributed by atoms with Gasteiger partial charge in [0.2, 0.25) is 0 Å². The number of benzene rings is 1. The number of hydrogen-bond acceptors (Lipinski definition) is 3. The fourth-order valence-corrected chi connectivity index (χ4v) is 3.19. The molecule has 0 amide bonds. The van der Waals surface area contributed by atoms with E-state index in [9.17, 15) is 4.79 Å². The predicted octanol–water partition coefficient (Wildman–Crippen LogP) is 1.32. The van der Waals surface area contributed by atoms with Gasteiger partial charge < -0.3 is 5.73 Å². The van der Waals surface area contributed by atoms with Crippen molar-refractivity contribution in [3.63, 3.8) is 0 Å². The molecular weight excluding hydrogens is 212 g/mol. The van der Waals surface area contributed by atoms with Crippen LogP contribution < -0.4 is 5.73 Å². The van der Waals surface area contributed by atoms with E-state index in [1.54, 1.807) is 0 Å². The molecule has 0 saturated carbocycles. The lowest BCUT2D eigenvalue weighted by Gasteiger charge is -2.37. The molecule has 0 aliphatic carbocycles. The van der Waals surface area contributed by atoms with Crippen molar-refractivity contribution in [2.75, 3.05) is 0 Å². The first-order chi connectivity index (χ1) is 8.25. The second-order valence-corrected chi connectivity index (χ2v) is 5.15. The predicted molar refractivity (Wildman–Crippen MR) is 66.4 cm³/mol. The Morgan fingerprint density at radius 2 is 2.00 bits per heavy atom. The van der Waals surface area contributed by atoms with Crippen LogP contribution >= 0.6 is 0 Å². The Morgan fingerprint density at radius 1 is 1.24 bits per heavy atom. The van der Waals surface area contributed by atoms with Gasteiger partial charge in [0.15, 0.2) is 5.78 Å². The van der Waals surface area contributed by atoms with E-state index in [0.717, 1.165) is 19.4 Å². The summed E-state index contributed by atoms with van der Waals surface area (Å²) in [6.45, 7) is 0.928. The van der Waals surface area contributed by atoms with E-state index in [4.69, 9.17) is 5.73 Å². The van der Waals surface area contributed by atoms with Gasteiger partial charge in [0.05, 0.1) is 6.04 Å². The molecule has 3 unspecified atom stereocenters. The molecular formula is C14H18N2O. The third-order valence-corrected chi connectivity index (χ3v) is 4.12. The number of carbonyl (C=O) groups excluding carboxylic acids is 1. The lowest BCUT2D eigenvalue weighted by molar-refractivity contribution is -0.125. The zero-order valence-corrected chi connectivity index (χ0v) is 9.88. The molecule has 1 aromatic carbocycles. The van der Waals surface area contributed by atoms with Crippen molar-refractivity contribution >= 4 is 5.78 Å². The van der Waals surface area contributed by atoms with Crippen LogP contribution in [0.25, 0.3) is 0 Å². The van der Waals surface area contributed by atoms with Crippen LogP contribution in [0.5, 0.6) is 0 Å². The van der Waals surface area contributed by atoms with Gasteiger partial charge >= 0.3 is 0 Å². The van der Waals surface area contributed by atoms with E-state index in [0.29, 0.717) is 12.5 Å². The molecule has 2 aliphatic rings. The monoisotopic (exact) mass is 230 g/mol. The van der Waals surface area contributed by atoms with Crippen LogP contribution in [0, 0.1) is 0 Å². The number of nitrogens with zero attached hydrogens (tertiary/aromatic N) is 1. The van der Waals surface area contributed by atoms with Crippen molar-refractivity contribution in [3.8, 4) is 0 Å². The van der Waals surface area contributed by atoms with Gasteiger partial charge in [-0.15, -0.1) is 0 Å². The Kier molecular flexibility index (Phi) is 2.73. The van der Waals surface area contributed by atoms with E-state index < -0.39 is 0 Å². The van der Waals surface area contributed by atoms with Gasteiger partial charge in [-0.3, -0.25) is 9.69 Å². The van der Waals surface area contributed by atoms with Gasteiger partial charge in [-0.1, -0.05) is 30.3 Å². The number of Topliss-reactive ketones (excluding diaryl/α,β-unsaturated/α-hetero) is 1. The Bertz CT molecular complexity index is 417. The molecule has 2 aliphatic heterocycles. The lowest BCUT2D eigenvalue weighted by atomic mass is 9.96. The highest BCUT2D eigenvalue weighted by atomic mass is 16.1. The first kappa shape index (κ1) is 10.9. The number of nitrogens with two attached hydrogens (primary N) is 1. The van der Waals surface area contributed by atoms with Crippen LogP contribution in [0.3, 0.4) is 0 Å². The average Bonchev–Trinajstić information content (AvgIpc) is 2.65. The summed E-state index contributed by atoms with van der Waals surface area (Å²) >= 11 is 0. The highest BCUT2D eigenvalue weighted by molar-refractivity contribution is 5.86. The molecule has 0 aromatic heterocycles. The molecule has 2 fully saturated rings. The number of ketones is 1. The number of rotatable bonds is 2. The highest BCUT2D eigenvalue weighted by Crippen LogP contribution is 2.34. The largest absolute Gasteiger partial charge is 0.320 e. The molecule has 3 nitrogen and oxygen atoms in total. The summed E-state index contributed by atoms with van der Waals surface area (Å²) in [5.74, 6) is 0.252. The summed E-state index contributed by atoms with van der Waals surface area (Å²) in [4.78, 5) is 14.1. The van der Waals surface area contributed by atoms with Gasteiger partial charge in [-0.25, -0.2) is 0 Å².